The van der Waals surface area contributed by atoms with Gasteiger partial charge in [0.2, 0.25) is 0 Å². The Morgan fingerprint density at radius 2 is 1.06 bits per heavy atom. The summed E-state index contributed by atoms with van der Waals surface area (Å²) < 4.78 is 9.25. The first kappa shape index (κ1) is 46.7. The summed E-state index contributed by atoms with van der Waals surface area (Å²) in [6.45, 7) is 24.8. The van der Waals surface area contributed by atoms with Crippen molar-refractivity contribution in [2.75, 3.05) is 9.80 Å². The average molecular weight is 1070 g/mol. The van der Waals surface area contributed by atoms with Crippen LogP contribution in [-0.4, -0.2) is 9.55 Å². The molecule has 0 radical (unpaired) electrons. The van der Waals surface area contributed by atoms with E-state index in [2.05, 4.69) is 260 Å². The van der Waals surface area contributed by atoms with Crippen LogP contribution < -0.4 is 14.5 Å². The van der Waals surface area contributed by atoms with Crippen molar-refractivity contribution in [1.82, 2.24) is 9.55 Å². The third kappa shape index (κ3) is 8.56. The SMILES string of the molecule is CC(C)(C)c1ccc(N2[CH-]N(c3[c-]c(Oc4[c-]c5c(cc4)c4cc(C(C)(C)c6ccccc6)ccc4n5-c4cc(C(C)(C)C)ccn4)cc(C(C)(C)c4ccccc4)c3)c3ccccc32)cc1.[Pt]. The van der Waals surface area contributed by atoms with E-state index in [-0.39, 0.29) is 42.7 Å². The number of benzene rings is 7. The Morgan fingerprint density at radius 1 is 0.471 bits per heavy atom. The minimum Gasteiger partial charge on any atom is -0.509 e. The van der Waals surface area contributed by atoms with Gasteiger partial charge in [-0.2, -0.15) is 6.07 Å². The Morgan fingerprint density at radius 3 is 1.69 bits per heavy atom. The summed E-state index contributed by atoms with van der Waals surface area (Å²) >= 11 is 0. The molecule has 0 saturated heterocycles. The molecule has 3 heterocycles. The van der Waals surface area contributed by atoms with E-state index in [1.807, 2.05) is 12.3 Å². The molecule has 346 valence electrons. The molecule has 1 aliphatic rings. The molecule has 10 rings (SSSR count). The van der Waals surface area contributed by atoms with Crippen molar-refractivity contribution in [2.45, 2.75) is 90.9 Å². The van der Waals surface area contributed by atoms with Gasteiger partial charge in [0.25, 0.3) is 0 Å². The maximum absolute atomic E-state index is 7.00. The van der Waals surface area contributed by atoms with Crippen LogP contribution in [0.1, 0.15) is 103 Å². The molecule has 0 fully saturated rings. The Hall–Kier alpha value is -6.42. The van der Waals surface area contributed by atoms with Crippen LogP contribution in [0.3, 0.4) is 0 Å². The van der Waals surface area contributed by atoms with Gasteiger partial charge in [-0.15, -0.1) is 53.6 Å². The number of pyridine rings is 1. The molecule has 0 spiro atoms. The van der Waals surface area contributed by atoms with Crippen LogP contribution in [0.25, 0.3) is 27.6 Å². The number of ether oxygens (including phenoxy) is 1. The fourth-order valence-corrected chi connectivity index (χ4v) is 9.48. The first-order chi connectivity index (χ1) is 32.0. The monoisotopic (exact) mass is 1070 g/mol. The van der Waals surface area contributed by atoms with Crippen molar-refractivity contribution in [3.05, 3.63) is 222 Å². The predicted octanol–water partition coefficient (Wildman–Crippen LogP) is 16.2. The molecular formula is C62H59N4OPt-3. The van der Waals surface area contributed by atoms with Gasteiger partial charge in [-0.1, -0.05) is 172 Å². The van der Waals surface area contributed by atoms with Gasteiger partial charge in [0, 0.05) is 66.8 Å². The molecule has 6 heteroatoms. The third-order valence-electron chi connectivity index (χ3n) is 13.9. The summed E-state index contributed by atoms with van der Waals surface area (Å²) in [5.41, 5.74) is 12.9. The van der Waals surface area contributed by atoms with E-state index >= 15 is 0 Å². The molecule has 0 N–H and O–H groups in total. The van der Waals surface area contributed by atoms with Crippen molar-refractivity contribution < 1.29 is 25.8 Å². The van der Waals surface area contributed by atoms with E-state index in [1.165, 1.54) is 27.8 Å². The molecule has 68 heavy (non-hydrogen) atoms. The summed E-state index contributed by atoms with van der Waals surface area (Å²) in [6.07, 6.45) is 1.92. The minimum absolute atomic E-state index is 0. The van der Waals surface area contributed by atoms with Gasteiger partial charge in [0.15, 0.2) is 0 Å². The maximum atomic E-state index is 7.00. The Kier molecular flexibility index (Phi) is 12.1. The van der Waals surface area contributed by atoms with Crippen molar-refractivity contribution >= 4 is 44.6 Å². The minimum atomic E-state index is -0.361. The summed E-state index contributed by atoms with van der Waals surface area (Å²) in [7, 11) is 0. The van der Waals surface area contributed by atoms with E-state index in [0.29, 0.717) is 11.5 Å². The summed E-state index contributed by atoms with van der Waals surface area (Å²) in [5, 5.41) is 2.22. The fraction of sp³-hybridized carbons (Fsp3) is 0.226. The standard InChI is InChI=1S/C62H59N4O.Pt/c1-59(2,3)42-25-28-48(29-26-42)64-41-65(56-24-18-17-23-55(56)64)49-35-47(62(9,10)44-21-15-12-16-22-44)36-51(39-49)67-50-30-31-52-53-37-46(61(7,8)43-19-13-11-14-20-43)27-32-54(53)66(57(52)40-50)58-38-45(33-34-63-58)60(4,5)6;/h11-38,41H,1-10H3;/q-3;. The molecule has 0 atom stereocenters. The van der Waals surface area contributed by atoms with Crippen LogP contribution in [0, 0.1) is 18.8 Å². The third-order valence-corrected chi connectivity index (χ3v) is 13.9. The molecule has 0 unspecified atom stereocenters. The summed E-state index contributed by atoms with van der Waals surface area (Å²) in [4.78, 5) is 9.49. The largest absolute Gasteiger partial charge is 0.509 e. The zero-order chi connectivity index (χ0) is 46.9. The Balaban J connectivity index is 0.00000578. The number of aromatic nitrogens is 2. The second-order valence-corrected chi connectivity index (χ2v) is 21.1. The number of nitrogens with zero attached hydrogens (tertiary/aromatic N) is 4. The van der Waals surface area contributed by atoms with E-state index < -0.39 is 0 Å². The van der Waals surface area contributed by atoms with E-state index in [0.717, 1.165) is 55.9 Å². The second-order valence-electron chi connectivity index (χ2n) is 21.1. The molecule has 0 saturated carbocycles. The van der Waals surface area contributed by atoms with Gasteiger partial charge in [-0.05, 0) is 91.9 Å². The zero-order valence-corrected chi connectivity index (χ0v) is 43.0. The smallest absolute Gasteiger partial charge is 0.135 e. The normalized spacial score (nSPS) is 13.2. The predicted molar refractivity (Wildman–Crippen MR) is 279 cm³/mol. The van der Waals surface area contributed by atoms with Gasteiger partial charge in [0.1, 0.15) is 5.82 Å². The van der Waals surface area contributed by atoms with Gasteiger partial charge >= 0.3 is 0 Å². The van der Waals surface area contributed by atoms with Crippen LogP contribution in [0.2, 0.25) is 0 Å². The molecule has 5 nitrogen and oxygen atoms in total. The van der Waals surface area contributed by atoms with Crippen molar-refractivity contribution in [2.24, 2.45) is 0 Å². The number of rotatable bonds is 9. The number of hydrogen-bond acceptors (Lipinski definition) is 4. The second kappa shape index (κ2) is 17.6. The molecule has 0 bridgehead atoms. The average Bonchev–Trinajstić information content (AvgIpc) is 3.87. The van der Waals surface area contributed by atoms with Crippen LogP contribution >= 0.6 is 0 Å². The Labute approximate surface area is 417 Å². The van der Waals surface area contributed by atoms with Crippen LogP contribution in [0.15, 0.2) is 170 Å². The number of fused-ring (bicyclic) bond motifs is 4. The molecule has 2 aromatic heterocycles. The molecular weight excluding hydrogens is 1010 g/mol. The molecule has 7 aromatic carbocycles. The van der Waals surface area contributed by atoms with Crippen molar-refractivity contribution in [3.63, 3.8) is 0 Å². The quantitative estimate of drug-likeness (QED) is 0.135. The number of para-hydroxylation sites is 2. The molecule has 0 amide bonds. The van der Waals surface area contributed by atoms with Gasteiger partial charge in [-0.3, -0.25) is 0 Å². The van der Waals surface area contributed by atoms with Crippen molar-refractivity contribution in [1.29, 1.82) is 0 Å². The van der Waals surface area contributed by atoms with E-state index in [1.54, 1.807) is 0 Å². The maximum Gasteiger partial charge on any atom is 0.135 e. The van der Waals surface area contributed by atoms with Crippen LogP contribution in [0.4, 0.5) is 22.7 Å². The van der Waals surface area contributed by atoms with Crippen LogP contribution in [0.5, 0.6) is 11.5 Å². The zero-order valence-electron chi connectivity index (χ0n) is 40.8. The first-order valence-electron chi connectivity index (χ1n) is 23.4. The van der Waals surface area contributed by atoms with E-state index in [9.17, 15) is 0 Å². The van der Waals surface area contributed by atoms with Crippen LogP contribution in [-0.2, 0) is 42.7 Å². The van der Waals surface area contributed by atoms with Gasteiger partial charge in [0.05, 0.1) is 0 Å². The van der Waals surface area contributed by atoms with Crippen molar-refractivity contribution in [3.8, 4) is 17.3 Å². The summed E-state index contributed by atoms with van der Waals surface area (Å²) in [6, 6.07) is 66.2. The molecule has 1 aliphatic heterocycles. The molecule has 9 aromatic rings. The first-order valence-corrected chi connectivity index (χ1v) is 23.4. The number of anilines is 4. The van der Waals surface area contributed by atoms with Gasteiger partial charge < -0.3 is 19.1 Å². The Bertz CT molecular complexity index is 3270. The van der Waals surface area contributed by atoms with Gasteiger partial charge in [-0.25, -0.2) is 4.98 Å². The topological polar surface area (TPSA) is 33.5 Å². The molecule has 0 aliphatic carbocycles. The number of hydrogen-bond donors (Lipinski definition) is 0. The summed E-state index contributed by atoms with van der Waals surface area (Å²) in [5.74, 6) is 2.04. The van der Waals surface area contributed by atoms with E-state index in [4.69, 9.17) is 9.72 Å². The fourth-order valence-electron chi connectivity index (χ4n) is 9.48.